The lowest BCUT2D eigenvalue weighted by molar-refractivity contribution is -0.113. The number of rotatable bonds is 7. The lowest BCUT2D eigenvalue weighted by Crippen LogP contribution is -2.44. The summed E-state index contributed by atoms with van der Waals surface area (Å²) in [6.07, 6.45) is 3.92. The summed E-state index contributed by atoms with van der Waals surface area (Å²) in [6.45, 7) is 5.12. The summed E-state index contributed by atoms with van der Waals surface area (Å²) in [5.41, 5.74) is -3.67. The predicted molar refractivity (Wildman–Crippen MR) is 122 cm³/mol. The lowest BCUT2D eigenvalue weighted by Gasteiger charge is -2.22. The van der Waals surface area contributed by atoms with E-state index in [2.05, 4.69) is 16.5 Å². The molecule has 0 spiro atoms. The van der Waals surface area contributed by atoms with Gasteiger partial charge in [0.25, 0.3) is 5.91 Å². The summed E-state index contributed by atoms with van der Waals surface area (Å²) in [5, 5.41) is 2.33. The Balaban J connectivity index is 1.99. The van der Waals surface area contributed by atoms with Crippen molar-refractivity contribution in [2.45, 2.75) is 25.3 Å². The summed E-state index contributed by atoms with van der Waals surface area (Å²) >= 11 is 7.60. The van der Waals surface area contributed by atoms with Gasteiger partial charge in [-0.1, -0.05) is 31.5 Å². The summed E-state index contributed by atoms with van der Waals surface area (Å²) in [6, 6.07) is 7.06. The van der Waals surface area contributed by atoms with E-state index in [0.717, 1.165) is 36.2 Å². The molecule has 6 nitrogen and oxygen atoms in total. The monoisotopic (exact) mass is 515 g/mol. The van der Waals surface area contributed by atoms with E-state index in [4.69, 9.17) is 11.6 Å². The Morgan fingerprint density at radius 3 is 2.61 bits per heavy atom. The number of halogens is 4. The van der Waals surface area contributed by atoms with Crippen LogP contribution in [0, 0.1) is 0 Å². The Labute approximate surface area is 197 Å². The molecule has 3 rings (SSSR count). The number of anilines is 1. The van der Waals surface area contributed by atoms with Gasteiger partial charge in [0.05, 0.1) is 16.4 Å². The van der Waals surface area contributed by atoms with Gasteiger partial charge in [0.1, 0.15) is 5.01 Å². The zero-order valence-electron chi connectivity index (χ0n) is 17.1. The molecular formula is C21H17ClF3N3O3S2. The third kappa shape index (κ3) is 5.10. The van der Waals surface area contributed by atoms with Gasteiger partial charge in [-0.15, -0.1) is 11.3 Å². The van der Waals surface area contributed by atoms with Crippen molar-refractivity contribution in [2.24, 2.45) is 0 Å². The molecule has 0 aliphatic rings. The number of aromatic nitrogens is 2. The molecule has 0 aliphatic carbocycles. The number of hydrogen-bond acceptors (Lipinski definition) is 6. The zero-order chi connectivity index (χ0) is 24.4. The van der Waals surface area contributed by atoms with Gasteiger partial charge < -0.3 is 0 Å². The average molecular weight is 516 g/mol. The number of hydrogen-bond donors (Lipinski definition) is 0. The lowest BCUT2D eigenvalue weighted by atomic mass is 10.1. The first-order valence-electron chi connectivity index (χ1n) is 9.48. The van der Waals surface area contributed by atoms with Crippen molar-refractivity contribution in [2.75, 3.05) is 4.31 Å². The van der Waals surface area contributed by atoms with E-state index < -0.39 is 27.1 Å². The number of benzene rings is 1. The number of thiazole rings is 1. The van der Waals surface area contributed by atoms with E-state index in [-0.39, 0.29) is 9.33 Å². The van der Waals surface area contributed by atoms with Crippen molar-refractivity contribution in [1.29, 1.82) is 0 Å². The fourth-order valence-electron chi connectivity index (χ4n) is 2.94. The van der Waals surface area contributed by atoms with E-state index in [1.54, 1.807) is 11.6 Å². The number of carbonyl (C=O) groups excluding carboxylic acids is 1. The minimum absolute atomic E-state index is 0.0787. The summed E-state index contributed by atoms with van der Waals surface area (Å²) in [4.78, 5) is 20.8. The standard InChI is InChI=1S/C21H17ClF3N3O3S2/c1-3-5-14-10-13(8-9-26-14)20-27-18(12-32-20)16-7-6-15(11-17(16)22)28(19(29)4-2)33(30,31)21(23,24)25/h4,6-12H,2-3,5H2,1H3. The van der Waals surface area contributed by atoms with Crippen LogP contribution in [-0.4, -0.2) is 29.8 Å². The topological polar surface area (TPSA) is 80.2 Å². The van der Waals surface area contributed by atoms with Gasteiger partial charge in [-0.05, 0) is 42.8 Å². The molecule has 0 fully saturated rings. The normalized spacial score (nSPS) is 11.9. The first-order chi connectivity index (χ1) is 15.5. The predicted octanol–water partition coefficient (Wildman–Crippen LogP) is 5.85. The first kappa shape index (κ1) is 24.9. The summed E-state index contributed by atoms with van der Waals surface area (Å²) in [5.74, 6) is -1.47. The molecular weight excluding hydrogens is 499 g/mol. The maximum absolute atomic E-state index is 13.1. The molecule has 0 aliphatic heterocycles. The van der Waals surface area contributed by atoms with Crippen LogP contribution in [0.1, 0.15) is 19.0 Å². The number of alkyl halides is 3. The molecule has 3 aromatic rings. The van der Waals surface area contributed by atoms with Crippen LogP contribution < -0.4 is 4.31 Å². The zero-order valence-corrected chi connectivity index (χ0v) is 19.5. The van der Waals surface area contributed by atoms with Crippen LogP contribution in [0.15, 0.2) is 54.6 Å². The van der Waals surface area contributed by atoms with Gasteiger partial charge in [-0.2, -0.15) is 25.9 Å². The second-order valence-electron chi connectivity index (χ2n) is 6.75. The number of amides is 1. The Kier molecular flexibility index (Phi) is 7.25. The van der Waals surface area contributed by atoms with E-state index in [9.17, 15) is 26.4 Å². The maximum Gasteiger partial charge on any atom is 0.517 e. The van der Waals surface area contributed by atoms with E-state index >= 15 is 0 Å². The molecule has 0 bridgehead atoms. The molecule has 0 unspecified atom stereocenters. The fourth-order valence-corrected chi connectivity index (χ4v) is 4.94. The van der Waals surface area contributed by atoms with Gasteiger partial charge in [0, 0.05) is 28.4 Å². The van der Waals surface area contributed by atoms with Crippen LogP contribution in [0.3, 0.4) is 0 Å². The molecule has 12 heteroatoms. The molecule has 1 amide bonds. The van der Waals surface area contributed by atoms with Gasteiger partial charge in [-0.25, -0.2) is 4.98 Å². The number of sulfonamides is 1. The molecule has 0 saturated carbocycles. The van der Waals surface area contributed by atoms with E-state index in [0.29, 0.717) is 22.3 Å². The maximum atomic E-state index is 13.1. The highest BCUT2D eigenvalue weighted by Crippen LogP contribution is 2.37. The SMILES string of the molecule is C=CC(=O)N(c1ccc(-c2csc(-c3ccnc(CCC)c3)n2)c(Cl)c1)S(=O)(=O)C(F)(F)F. The molecule has 0 radical (unpaired) electrons. The Morgan fingerprint density at radius 1 is 1.27 bits per heavy atom. The Hall–Kier alpha value is -2.76. The molecule has 0 N–H and O–H groups in total. The second-order valence-corrected chi connectivity index (χ2v) is 9.79. The molecule has 2 aromatic heterocycles. The first-order valence-corrected chi connectivity index (χ1v) is 12.2. The highest BCUT2D eigenvalue weighted by molar-refractivity contribution is 7.94. The Morgan fingerprint density at radius 2 is 2.00 bits per heavy atom. The van der Waals surface area contributed by atoms with Crippen molar-refractivity contribution in [3.63, 3.8) is 0 Å². The molecule has 0 atom stereocenters. The number of nitrogens with zero attached hydrogens (tertiary/aromatic N) is 3. The minimum atomic E-state index is -6.00. The van der Waals surface area contributed by atoms with Crippen LogP contribution in [0.5, 0.6) is 0 Å². The van der Waals surface area contributed by atoms with Gasteiger partial charge >= 0.3 is 15.5 Å². The van der Waals surface area contributed by atoms with E-state index in [1.165, 1.54) is 17.4 Å². The summed E-state index contributed by atoms with van der Waals surface area (Å²) < 4.78 is 62.7. The fraction of sp³-hybridized carbons (Fsp3) is 0.190. The summed E-state index contributed by atoms with van der Waals surface area (Å²) in [7, 11) is -6.00. The average Bonchev–Trinajstić information content (AvgIpc) is 3.23. The van der Waals surface area contributed by atoms with Crippen LogP contribution in [0.2, 0.25) is 5.02 Å². The smallest absolute Gasteiger partial charge is 0.268 e. The largest absolute Gasteiger partial charge is 0.517 e. The van der Waals surface area contributed by atoms with Crippen LogP contribution in [-0.2, 0) is 21.2 Å². The van der Waals surface area contributed by atoms with Crippen molar-refractivity contribution < 1.29 is 26.4 Å². The third-order valence-corrected chi connectivity index (χ3v) is 7.11. The van der Waals surface area contributed by atoms with Crippen molar-refractivity contribution in [3.8, 4) is 21.8 Å². The molecule has 33 heavy (non-hydrogen) atoms. The Bertz CT molecular complexity index is 1310. The molecule has 174 valence electrons. The number of aryl methyl sites for hydroxylation is 1. The van der Waals surface area contributed by atoms with Gasteiger partial charge in [-0.3, -0.25) is 9.78 Å². The van der Waals surface area contributed by atoms with Crippen molar-refractivity contribution in [1.82, 2.24) is 9.97 Å². The van der Waals surface area contributed by atoms with Crippen LogP contribution in [0.4, 0.5) is 18.9 Å². The van der Waals surface area contributed by atoms with Crippen molar-refractivity contribution >= 4 is 44.6 Å². The molecule has 2 heterocycles. The van der Waals surface area contributed by atoms with Crippen LogP contribution >= 0.6 is 22.9 Å². The molecule has 1 aromatic carbocycles. The minimum Gasteiger partial charge on any atom is -0.268 e. The highest BCUT2D eigenvalue weighted by Gasteiger charge is 2.52. The van der Waals surface area contributed by atoms with Gasteiger partial charge in [0.2, 0.25) is 0 Å². The van der Waals surface area contributed by atoms with Gasteiger partial charge in [0.15, 0.2) is 0 Å². The third-order valence-electron chi connectivity index (χ3n) is 4.44. The number of carbonyl (C=O) groups is 1. The van der Waals surface area contributed by atoms with Crippen molar-refractivity contribution in [3.05, 3.63) is 65.3 Å². The van der Waals surface area contributed by atoms with E-state index in [1.807, 2.05) is 19.1 Å². The number of pyridine rings is 1. The highest BCUT2D eigenvalue weighted by atomic mass is 35.5. The molecule has 0 saturated heterocycles. The quantitative estimate of drug-likeness (QED) is 0.369. The van der Waals surface area contributed by atoms with Crippen LogP contribution in [0.25, 0.3) is 21.8 Å². The second kappa shape index (κ2) is 9.62.